The second kappa shape index (κ2) is 8.05. The van der Waals surface area contributed by atoms with Crippen LogP contribution in [0.1, 0.15) is 38.5 Å². The van der Waals surface area contributed by atoms with Gasteiger partial charge in [0, 0.05) is 17.2 Å². The van der Waals surface area contributed by atoms with Gasteiger partial charge in [-0.1, -0.05) is 55.0 Å². The molecule has 3 atom stereocenters. The van der Waals surface area contributed by atoms with Gasteiger partial charge in [0.15, 0.2) is 6.54 Å². The first-order valence-corrected chi connectivity index (χ1v) is 10.1. The molecule has 0 aromatic heterocycles. The summed E-state index contributed by atoms with van der Waals surface area (Å²) in [5.74, 6) is 0.992. The molecule has 2 aromatic rings. The van der Waals surface area contributed by atoms with E-state index >= 15 is 0 Å². The minimum Gasteiger partial charge on any atom is -0.324 e. The molecule has 1 aliphatic carbocycles. The van der Waals surface area contributed by atoms with Gasteiger partial charge in [0.05, 0.1) is 12.6 Å². The normalized spacial score (nSPS) is 25.3. The van der Waals surface area contributed by atoms with E-state index in [0.29, 0.717) is 12.6 Å². The van der Waals surface area contributed by atoms with E-state index in [2.05, 4.69) is 23.5 Å². The van der Waals surface area contributed by atoms with Gasteiger partial charge in [0.1, 0.15) is 0 Å². The van der Waals surface area contributed by atoms with Gasteiger partial charge < -0.3 is 10.2 Å². The zero-order valence-corrected chi connectivity index (χ0v) is 15.4. The number of anilines is 1. The maximum Gasteiger partial charge on any atom is 0.279 e. The van der Waals surface area contributed by atoms with Crippen molar-refractivity contribution in [1.82, 2.24) is 0 Å². The van der Waals surface area contributed by atoms with Crippen LogP contribution in [-0.2, 0) is 4.79 Å². The van der Waals surface area contributed by atoms with Gasteiger partial charge in [-0.15, -0.1) is 0 Å². The predicted octanol–water partition coefficient (Wildman–Crippen LogP) is 3.53. The molecule has 4 rings (SSSR count). The average Bonchev–Trinajstić information content (AvgIpc) is 2.69. The maximum atomic E-state index is 12.8. The fraction of sp³-hybridized carbons (Fsp3) is 0.435. The largest absolute Gasteiger partial charge is 0.324 e. The van der Waals surface area contributed by atoms with E-state index < -0.39 is 0 Å². The van der Waals surface area contributed by atoms with Gasteiger partial charge in [-0.2, -0.15) is 0 Å². The van der Waals surface area contributed by atoms with Crippen LogP contribution >= 0.6 is 0 Å². The zero-order valence-electron chi connectivity index (χ0n) is 15.4. The van der Waals surface area contributed by atoms with Crippen molar-refractivity contribution in [2.75, 3.05) is 18.4 Å². The minimum atomic E-state index is 0.148. The highest BCUT2D eigenvalue weighted by atomic mass is 16.2. The third-order valence-electron chi connectivity index (χ3n) is 6.18. The number of benzene rings is 2. The number of hydrogen-bond acceptors (Lipinski definition) is 1. The Morgan fingerprint density at radius 2 is 1.65 bits per heavy atom. The number of rotatable bonds is 4. The topological polar surface area (TPSA) is 33.5 Å². The molecule has 3 nitrogen and oxygen atoms in total. The van der Waals surface area contributed by atoms with Gasteiger partial charge in [0.2, 0.25) is 0 Å². The first kappa shape index (κ1) is 17.3. The molecule has 2 fully saturated rings. The molecule has 1 aliphatic heterocycles. The van der Waals surface area contributed by atoms with Gasteiger partial charge >= 0.3 is 0 Å². The number of likely N-dealkylation sites (tertiary alicyclic amines) is 1. The van der Waals surface area contributed by atoms with Crippen LogP contribution < -0.4 is 10.2 Å². The smallest absolute Gasteiger partial charge is 0.279 e. The SMILES string of the molecule is O=C(C[NH+]1CCC[C@@H]2CCCC[C@@H]21)Nc1ccccc1-c1ccccc1. The standard InChI is InChI=1S/C23H28N2O/c26-23(17-25-16-8-12-19-11-4-7-15-22(19)25)24-21-14-6-5-13-20(21)18-9-2-1-3-10-18/h1-3,5-6,9-10,13-14,19,22H,4,7-8,11-12,15-17H2,(H,24,26)/p+1/t19-,22-/m0/s1. The Hall–Kier alpha value is -2.13. The number of piperidine rings is 1. The summed E-state index contributed by atoms with van der Waals surface area (Å²) >= 11 is 0. The van der Waals surface area contributed by atoms with E-state index in [-0.39, 0.29) is 5.91 Å². The van der Waals surface area contributed by atoms with Crippen LogP contribution in [0.25, 0.3) is 11.1 Å². The molecule has 3 heteroatoms. The third kappa shape index (κ3) is 3.83. The van der Waals surface area contributed by atoms with Crippen molar-refractivity contribution in [1.29, 1.82) is 0 Å². The molecule has 0 spiro atoms. The second-order valence-corrected chi connectivity index (χ2v) is 7.84. The van der Waals surface area contributed by atoms with Crippen molar-refractivity contribution in [3.05, 3.63) is 54.6 Å². The summed E-state index contributed by atoms with van der Waals surface area (Å²) in [7, 11) is 0. The molecule has 1 saturated heterocycles. The number of carbonyl (C=O) groups excluding carboxylic acids is 1. The highest BCUT2D eigenvalue weighted by Gasteiger charge is 2.37. The summed E-state index contributed by atoms with van der Waals surface area (Å²) in [6.07, 6.45) is 8.02. The number of amides is 1. The van der Waals surface area contributed by atoms with Crippen LogP contribution in [0.5, 0.6) is 0 Å². The first-order chi connectivity index (χ1) is 12.8. The van der Waals surface area contributed by atoms with Gasteiger partial charge in [0.25, 0.3) is 5.91 Å². The molecule has 136 valence electrons. The van der Waals surface area contributed by atoms with Gasteiger partial charge in [-0.3, -0.25) is 4.79 Å². The summed E-state index contributed by atoms with van der Waals surface area (Å²) in [4.78, 5) is 14.3. The molecule has 26 heavy (non-hydrogen) atoms. The molecule has 1 amide bonds. The van der Waals surface area contributed by atoms with Crippen molar-refractivity contribution in [2.45, 2.75) is 44.6 Å². The van der Waals surface area contributed by atoms with E-state index in [0.717, 1.165) is 29.3 Å². The molecule has 2 aromatic carbocycles. The molecule has 0 radical (unpaired) electrons. The third-order valence-corrected chi connectivity index (χ3v) is 6.18. The predicted molar refractivity (Wildman–Crippen MR) is 106 cm³/mol. The molecule has 2 aliphatic rings. The van der Waals surface area contributed by atoms with Crippen LogP contribution in [0.15, 0.2) is 54.6 Å². The van der Waals surface area contributed by atoms with Crippen molar-refractivity contribution in [3.63, 3.8) is 0 Å². The Morgan fingerprint density at radius 1 is 0.923 bits per heavy atom. The lowest BCUT2D eigenvalue weighted by Crippen LogP contribution is -3.18. The second-order valence-electron chi connectivity index (χ2n) is 7.84. The Bertz CT molecular complexity index is 741. The van der Waals surface area contributed by atoms with E-state index in [1.54, 1.807) is 0 Å². The lowest BCUT2D eigenvalue weighted by atomic mass is 9.78. The molecular weight excluding hydrogens is 320 g/mol. The van der Waals surface area contributed by atoms with E-state index in [9.17, 15) is 4.79 Å². The average molecular weight is 349 g/mol. The number of hydrogen-bond donors (Lipinski definition) is 2. The number of carbonyl (C=O) groups is 1. The fourth-order valence-corrected chi connectivity index (χ4v) is 4.95. The fourth-order valence-electron chi connectivity index (χ4n) is 4.95. The van der Waals surface area contributed by atoms with Gasteiger partial charge in [-0.05, 0) is 43.7 Å². The summed E-state index contributed by atoms with van der Waals surface area (Å²) in [6.45, 7) is 1.75. The minimum absolute atomic E-state index is 0.148. The number of para-hydroxylation sites is 1. The van der Waals surface area contributed by atoms with Crippen molar-refractivity contribution >= 4 is 11.6 Å². The van der Waals surface area contributed by atoms with Crippen LogP contribution in [0.4, 0.5) is 5.69 Å². The molecule has 1 saturated carbocycles. The lowest BCUT2D eigenvalue weighted by molar-refractivity contribution is -0.928. The number of quaternary nitrogens is 1. The van der Waals surface area contributed by atoms with Crippen molar-refractivity contribution in [2.24, 2.45) is 5.92 Å². The van der Waals surface area contributed by atoms with Crippen LogP contribution in [0.3, 0.4) is 0 Å². The van der Waals surface area contributed by atoms with E-state index in [1.807, 2.05) is 36.4 Å². The van der Waals surface area contributed by atoms with Crippen LogP contribution in [-0.4, -0.2) is 25.0 Å². The Balaban J connectivity index is 1.45. The molecule has 1 heterocycles. The molecule has 2 N–H and O–H groups in total. The van der Waals surface area contributed by atoms with E-state index in [1.165, 1.54) is 43.4 Å². The summed E-state index contributed by atoms with van der Waals surface area (Å²) in [5.41, 5.74) is 3.15. The Labute approximate surface area is 156 Å². The maximum absolute atomic E-state index is 12.8. The van der Waals surface area contributed by atoms with Gasteiger partial charge in [-0.25, -0.2) is 0 Å². The molecule has 1 unspecified atom stereocenters. The van der Waals surface area contributed by atoms with E-state index in [4.69, 9.17) is 0 Å². The van der Waals surface area contributed by atoms with Crippen LogP contribution in [0.2, 0.25) is 0 Å². The lowest BCUT2D eigenvalue weighted by Gasteiger charge is -2.40. The van der Waals surface area contributed by atoms with Crippen molar-refractivity contribution in [3.8, 4) is 11.1 Å². The molecular formula is C23H29N2O+. The zero-order chi connectivity index (χ0) is 17.8. The first-order valence-electron chi connectivity index (χ1n) is 10.1. The van der Waals surface area contributed by atoms with Crippen molar-refractivity contribution < 1.29 is 9.69 Å². The highest BCUT2D eigenvalue weighted by molar-refractivity contribution is 5.96. The number of nitrogens with one attached hydrogen (secondary N) is 2. The number of fused-ring (bicyclic) bond motifs is 1. The summed E-state index contributed by atoms with van der Waals surface area (Å²) in [6, 6.07) is 19.1. The Kier molecular flexibility index (Phi) is 5.35. The summed E-state index contributed by atoms with van der Waals surface area (Å²) in [5, 5.41) is 3.19. The monoisotopic (exact) mass is 349 g/mol. The quantitative estimate of drug-likeness (QED) is 0.870. The Morgan fingerprint density at radius 3 is 2.54 bits per heavy atom. The summed E-state index contributed by atoms with van der Waals surface area (Å²) < 4.78 is 0. The molecule has 0 bridgehead atoms. The highest BCUT2D eigenvalue weighted by Crippen LogP contribution is 2.29. The van der Waals surface area contributed by atoms with Crippen LogP contribution in [0, 0.1) is 5.92 Å².